The summed E-state index contributed by atoms with van der Waals surface area (Å²) >= 11 is 0. The lowest BCUT2D eigenvalue weighted by molar-refractivity contribution is 0.0537. The molecule has 0 bridgehead atoms. The van der Waals surface area contributed by atoms with E-state index >= 15 is 0 Å². The van der Waals surface area contributed by atoms with Crippen molar-refractivity contribution in [3.05, 3.63) is 0 Å². The lowest BCUT2D eigenvalue weighted by atomic mass is 10.00. The third-order valence-electron chi connectivity index (χ3n) is 2.59. The Kier molecular flexibility index (Phi) is 3.20. The van der Waals surface area contributed by atoms with E-state index in [9.17, 15) is 0 Å². The largest absolute Gasteiger partial charge is 0.381 e. The van der Waals surface area contributed by atoms with E-state index in [4.69, 9.17) is 4.74 Å². The van der Waals surface area contributed by atoms with E-state index in [2.05, 4.69) is 6.92 Å². The van der Waals surface area contributed by atoms with Crippen LogP contribution in [-0.4, -0.2) is 13.2 Å². The summed E-state index contributed by atoms with van der Waals surface area (Å²) in [7, 11) is 1.84. The molecule has 1 heteroatoms. The van der Waals surface area contributed by atoms with E-state index in [1.165, 1.54) is 32.1 Å². The molecular formula is C9H18O. The van der Waals surface area contributed by atoms with Crippen LogP contribution in [-0.2, 0) is 4.74 Å². The highest BCUT2D eigenvalue weighted by Crippen LogP contribution is 2.24. The molecule has 0 aromatic heterocycles. The lowest BCUT2D eigenvalue weighted by Gasteiger charge is -2.18. The molecule has 2 atom stereocenters. The monoisotopic (exact) mass is 142 g/mol. The van der Waals surface area contributed by atoms with Crippen LogP contribution in [0.1, 0.15) is 39.0 Å². The van der Waals surface area contributed by atoms with Gasteiger partial charge in [-0.15, -0.1) is 0 Å². The van der Waals surface area contributed by atoms with Crippen molar-refractivity contribution in [1.29, 1.82) is 0 Å². The molecule has 0 aliphatic heterocycles. The summed E-state index contributed by atoms with van der Waals surface area (Å²) in [6.07, 6.45) is 7.35. The Morgan fingerprint density at radius 2 is 1.80 bits per heavy atom. The predicted molar refractivity (Wildman–Crippen MR) is 43.0 cm³/mol. The van der Waals surface area contributed by atoms with Crippen molar-refractivity contribution in [2.24, 2.45) is 5.92 Å². The van der Waals surface area contributed by atoms with E-state index < -0.39 is 0 Å². The fourth-order valence-electron chi connectivity index (χ4n) is 1.81. The van der Waals surface area contributed by atoms with Crippen molar-refractivity contribution in [3.63, 3.8) is 0 Å². The van der Waals surface area contributed by atoms with Gasteiger partial charge in [-0.25, -0.2) is 0 Å². The fourth-order valence-corrected chi connectivity index (χ4v) is 1.81. The minimum Gasteiger partial charge on any atom is -0.381 e. The van der Waals surface area contributed by atoms with Crippen LogP contribution < -0.4 is 0 Å². The van der Waals surface area contributed by atoms with Gasteiger partial charge in [-0.2, -0.15) is 0 Å². The second-order valence-corrected chi connectivity index (χ2v) is 3.39. The molecule has 1 aliphatic rings. The number of rotatable bonds is 1. The van der Waals surface area contributed by atoms with E-state index in [0.717, 1.165) is 5.92 Å². The molecule has 10 heavy (non-hydrogen) atoms. The van der Waals surface area contributed by atoms with Crippen molar-refractivity contribution >= 4 is 0 Å². The number of methoxy groups -OCH3 is 1. The van der Waals surface area contributed by atoms with Crippen LogP contribution in [0.3, 0.4) is 0 Å². The molecule has 2 unspecified atom stereocenters. The van der Waals surface area contributed by atoms with Gasteiger partial charge in [0.05, 0.1) is 6.10 Å². The van der Waals surface area contributed by atoms with Gasteiger partial charge in [-0.05, 0) is 18.8 Å². The van der Waals surface area contributed by atoms with Gasteiger partial charge in [-0.3, -0.25) is 0 Å². The van der Waals surface area contributed by atoms with Crippen LogP contribution in [0.2, 0.25) is 0 Å². The predicted octanol–water partition coefficient (Wildman–Crippen LogP) is 2.60. The maximum atomic E-state index is 5.38. The molecule has 0 aromatic rings. The first-order valence-corrected chi connectivity index (χ1v) is 4.37. The minimum atomic E-state index is 0.544. The fraction of sp³-hybridized carbons (Fsp3) is 1.00. The van der Waals surface area contributed by atoms with Crippen molar-refractivity contribution in [1.82, 2.24) is 0 Å². The Balaban J connectivity index is 2.35. The second kappa shape index (κ2) is 3.97. The van der Waals surface area contributed by atoms with Gasteiger partial charge in [0, 0.05) is 7.11 Å². The molecule has 60 valence electrons. The third kappa shape index (κ3) is 1.98. The van der Waals surface area contributed by atoms with Crippen LogP contribution in [0.25, 0.3) is 0 Å². The maximum absolute atomic E-state index is 5.38. The maximum Gasteiger partial charge on any atom is 0.0596 e. The average molecular weight is 142 g/mol. The Hall–Kier alpha value is -0.0400. The zero-order chi connectivity index (χ0) is 7.40. The van der Waals surface area contributed by atoms with Gasteiger partial charge in [0.2, 0.25) is 0 Å². The second-order valence-electron chi connectivity index (χ2n) is 3.39. The highest BCUT2D eigenvalue weighted by atomic mass is 16.5. The van der Waals surface area contributed by atoms with Crippen LogP contribution in [0.5, 0.6) is 0 Å². The van der Waals surface area contributed by atoms with Crippen LogP contribution >= 0.6 is 0 Å². The molecule has 0 amide bonds. The van der Waals surface area contributed by atoms with E-state index in [1.54, 1.807) is 0 Å². The van der Waals surface area contributed by atoms with Crippen molar-refractivity contribution < 1.29 is 4.74 Å². The van der Waals surface area contributed by atoms with Crippen LogP contribution in [0.15, 0.2) is 0 Å². The number of hydrogen-bond donors (Lipinski definition) is 0. The molecule has 1 nitrogen and oxygen atoms in total. The Morgan fingerprint density at radius 1 is 1.10 bits per heavy atom. The molecule has 0 N–H and O–H groups in total. The van der Waals surface area contributed by atoms with Gasteiger partial charge in [0.15, 0.2) is 0 Å². The van der Waals surface area contributed by atoms with Crippen LogP contribution in [0, 0.1) is 5.92 Å². The average Bonchev–Trinajstić information content (AvgIpc) is 2.13. The van der Waals surface area contributed by atoms with Crippen molar-refractivity contribution in [2.75, 3.05) is 7.11 Å². The molecule has 0 saturated heterocycles. The highest BCUT2D eigenvalue weighted by molar-refractivity contribution is 4.70. The summed E-state index contributed by atoms with van der Waals surface area (Å²) in [6.45, 7) is 2.31. The Morgan fingerprint density at radius 3 is 2.50 bits per heavy atom. The first-order chi connectivity index (χ1) is 4.84. The molecule has 1 rings (SSSR count). The first-order valence-electron chi connectivity index (χ1n) is 4.37. The topological polar surface area (TPSA) is 9.23 Å². The first kappa shape index (κ1) is 8.06. The number of ether oxygens (including phenoxy) is 1. The van der Waals surface area contributed by atoms with E-state index in [0.29, 0.717) is 6.10 Å². The lowest BCUT2D eigenvalue weighted by Crippen LogP contribution is -2.18. The standard InChI is InChI=1S/C9H18O/c1-8-6-4-3-5-7-9(8)10-2/h8-9H,3-7H2,1-2H3. The minimum absolute atomic E-state index is 0.544. The zero-order valence-electron chi connectivity index (χ0n) is 7.10. The molecule has 1 saturated carbocycles. The van der Waals surface area contributed by atoms with Crippen molar-refractivity contribution in [2.45, 2.75) is 45.1 Å². The highest BCUT2D eigenvalue weighted by Gasteiger charge is 2.18. The quantitative estimate of drug-likeness (QED) is 0.511. The van der Waals surface area contributed by atoms with E-state index in [1.807, 2.05) is 7.11 Å². The SMILES string of the molecule is COC1CCCCCC1C. The zero-order valence-corrected chi connectivity index (χ0v) is 7.10. The molecule has 0 radical (unpaired) electrons. The molecule has 1 fully saturated rings. The molecule has 0 aromatic carbocycles. The molecule has 0 heterocycles. The molecule has 1 aliphatic carbocycles. The molecular weight excluding hydrogens is 124 g/mol. The van der Waals surface area contributed by atoms with Gasteiger partial charge in [0.1, 0.15) is 0 Å². The summed E-state index contributed by atoms with van der Waals surface area (Å²) in [5.74, 6) is 0.785. The van der Waals surface area contributed by atoms with E-state index in [-0.39, 0.29) is 0 Å². The third-order valence-corrected chi connectivity index (χ3v) is 2.59. The summed E-state index contributed by atoms with van der Waals surface area (Å²) in [5.41, 5.74) is 0. The number of hydrogen-bond acceptors (Lipinski definition) is 1. The Bertz CT molecular complexity index is 90.7. The smallest absolute Gasteiger partial charge is 0.0596 e. The summed E-state index contributed by atoms with van der Waals surface area (Å²) < 4.78 is 5.38. The van der Waals surface area contributed by atoms with Crippen molar-refractivity contribution in [3.8, 4) is 0 Å². The van der Waals surface area contributed by atoms with Gasteiger partial charge in [-0.1, -0.05) is 26.2 Å². The van der Waals surface area contributed by atoms with Gasteiger partial charge in [0.25, 0.3) is 0 Å². The van der Waals surface area contributed by atoms with Crippen LogP contribution in [0.4, 0.5) is 0 Å². The molecule has 0 spiro atoms. The summed E-state index contributed by atoms with van der Waals surface area (Å²) in [5, 5.41) is 0. The summed E-state index contributed by atoms with van der Waals surface area (Å²) in [4.78, 5) is 0. The Labute approximate surface area is 63.8 Å². The normalized spacial score (nSPS) is 35.4. The van der Waals surface area contributed by atoms with Gasteiger partial charge >= 0.3 is 0 Å². The summed E-state index contributed by atoms with van der Waals surface area (Å²) in [6, 6.07) is 0. The van der Waals surface area contributed by atoms with Gasteiger partial charge < -0.3 is 4.74 Å².